The van der Waals surface area contributed by atoms with Gasteiger partial charge in [-0.3, -0.25) is 4.79 Å². The Balaban J connectivity index is 0.00000243. The number of rotatable bonds is 4. The van der Waals surface area contributed by atoms with E-state index in [1.54, 1.807) is 43.5 Å². The number of benzene rings is 3. The number of ketones is 1. The summed E-state index contributed by atoms with van der Waals surface area (Å²) in [7, 11) is 1.55. The van der Waals surface area contributed by atoms with Gasteiger partial charge in [-0.05, 0) is 41.5 Å². The second-order valence-electron chi connectivity index (χ2n) is 5.56. The first-order valence-corrected chi connectivity index (χ1v) is 7.71. The van der Waals surface area contributed by atoms with E-state index in [-0.39, 0.29) is 18.2 Å². The number of halogens is 1. The monoisotopic (exact) mass is 364 g/mol. The molecular formula is C21H17ClN2O2. The molecule has 0 heterocycles. The zero-order valence-corrected chi connectivity index (χ0v) is 14.9. The lowest BCUT2D eigenvalue weighted by Crippen LogP contribution is -2.05. The van der Waals surface area contributed by atoms with Gasteiger partial charge in [0.25, 0.3) is 0 Å². The zero-order valence-electron chi connectivity index (χ0n) is 14.1. The van der Waals surface area contributed by atoms with E-state index in [1.165, 1.54) is 0 Å². The highest BCUT2D eigenvalue weighted by molar-refractivity contribution is 6.12. The number of methoxy groups -OCH3 is 1. The largest absolute Gasteiger partial charge is 0.497 e. The Labute approximate surface area is 158 Å². The fourth-order valence-corrected chi connectivity index (χ4v) is 2.64. The van der Waals surface area contributed by atoms with Crippen LogP contribution in [0, 0.1) is 11.3 Å². The molecule has 2 N–H and O–H groups in total. The second-order valence-corrected chi connectivity index (χ2v) is 5.56. The molecule has 0 saturated carbocycles. The van der Waals surface area contributed by atoms with Gasteiger partial charge in [0.2, 0.25) is 0 Å². The fourth-order valence-electron chi connectivity index (χ4n) is 2.64. The highest BCUT2D eigenvalue weighted by Gasteiger charge is 2.13. The minimum Gasteiger partial charge on any atom is -0.497 e. The van der Waals surface area contributed by atoms with Crippen molar-refractivity contribution in [2.75, 3.05) is 12.8 Å². The Hall–Kier alpha value is -3.29. The van der Waals surface area contributed by atoms with E-state index >= 15 is 0 Å². The molecule has 4 nitrogen and oxygen atoms in total. The standard InChI is InChI=1S/C21H16N2O2.ClH/c1-25-18-10-14(13-22)9-17(11-18)16-7-8-19(20(23)12-16)21(24)15-5-3-2-4-6-15;/h2-12H,23H2,1H3;1H. The molecule has 3 aromatic carbocycles. The molecule has 0 unspecified atom stereocenters. The van der Waals surface area contributed by atoms with Gasteiger partial charge in [0.1, 0.15) is 5.75 Å². The molecule has 0 amide bonds. The van der Waals surface area contributed by atoms with E-state index in [1.807, 2.05) is 30.3 Å². The zero-order chi connectivity index (χ0) is 17.8. The van der Waals surface area contributed by atoms with Gasteiger partial charge in [-0.2, -0.15) is 5.26 Å². The van der Waals surface area contributed by atoms with Crippen molar-refractivity contribution in [3.8, 4) is 22.9 Å². The lowest BCUT2D eigenvalue weighted by Gasteiger charge is -2.10. The van der Waals surface area contributed by atoms with E-state index in [4.69, 9.17) is 15.7 Å². The molecule has 0 aliphatic heterocycles. The minimum absolute atomic E-state index is 0. The lowest BCUT2D eigenvalue weighted by atomic mass is 9.97. The van der Waals surface area contributed by atoms with Crippen molar-refractivity contribution in [1.82, 2.24) is 0 Å². The summed E-state index contributed by atoms with van der Waals surface area (Å²) in [6.45, 7) is 0. The molecule has 0 aliphatic carbocycles. The molecule has 0 aliphatic rings. The molecule has 0 spiro atoms. The molecule has 0 atom stereocenters. The predicted molar refractivity (Wildman–Crippen MR) is 105 cm³/mol. The maximum absolute atomic E-state index is 12.6. The number of nitrogen functional groups attached to an aromatic ring is 1. The molecule has 5 heteroatoms. The van der Waals surface area contributed by atoms with E-state index in [9.17, 15) is 4.79 Å². The Kier molecular flexibility index (Phi) is 6.00. The summed E-state index contributed by atoms with van der Waals surface area (Å²) in [5.74, 6) is 0.477. The van der Waals surface area contributed by atoms with Crippen molar-refractivity contribution in [1.29, 1.82) is 5.26 Å². The first kappa shape index (κ1) is 19.0. The fraction of sp³-hybridized carbons (Fsp3) is 0.0476. The number of nitrogens with zero attached hydrogens (tertiary/aromatic N) is 1. The number of anilines is 1. The third-order valence-corrected chi connectivity index (χ3v) is 3.94. The van der Waals surface area contributed by atoms with E-state index in [0.717, 1.165) is 11.1 Å². The molecule has 3 aromatic rings. The summed E-state index contributed by atoms with van der Waals surface area (Å²) >= 11 is 0. The van der Waals surface area contributed by atoms with Gasteiger partial charge in [0.05, 0.1) is 18.7 Å². The summed E-state index contributed by atoms with van der Waals surface area (Å²) in [6.07, 6.45) is 0. The maximum atomic E-state index is 12.6. The average Bonchev–Trinajstić information content (AvgIpc) is 2.67. The van der Waals surface area contributed by atoms with Gasteiger partial charge in [-0.25, -0.2) is 0 Å². The second kappa shape index (κ2) is 8.19. The molecule has 0 fully saturated rings. The van der Waals surface area contributed by atoms with Gasteiger partial charge in [0.15, 0.2) is 5.78 Å². The Bertz CT molecular complexity index is 979. The normalized spacial score (nSPS) is 9.69. The number of carbonyl (C=O) groups is 1. The number of nitriles is 1. The van der Waals surface area contributed by atoms with E-state index in [0.29, 0.717) is 28.1 Å². The third kappa shape index (κ3) is 3.85. The van der Waals surface area contributed by atoms with E-state index in [2.05, 4.69) is 6.07 Å². The van der Waals surface area contributed by atoms with Gasteiger partial charge in [-0.15, -0.1) is 12.4 Å². The average molecular weight is 365 g/mol. The smallest absolute Gasteiger partial charge is 0.195 e. The van der Waals surface area contributed by atoms with Crippen LogP contribution in [0.4, 0.5) is 5.69 Å². The molecule has 26 heavy (non-hydrogen) atoms. The quantitative estimate of drug-likeness (QED) is 0.547. The van der Waals surface area contributed by atoms with Gasteiger partial charge in [0, 0.05) is 16.8 Å². The SMILES string of the molecule is COc1cc(C#N)cc(-c2ccc(C(=O)c3ccccc3)c(N)c2)c1.Cl. The molecule has 0 radical (unpaired) electrons. The van der Waals surface area contributed by atoms with Crippen molar-refractivity contribution < 1.29 is 9.53 Å². The van der Waals surface area contributed by atoms with Crippen LogP contribution in [0.3, 0.4) is 0 Å². The molecule has 130 valence electrons. The van der Waals surface area contributed by atoms with Crippen LogP contribution in [0.1, 0.15) is 21.5 Å². The lowest BCUT2D eigenvalue weighted by molar-refractivity contribution is 0.103. The number of hydrogen-bond acceptors (Lipinski definition) is 4. The van der Waals surface area contributed by atoms with Crippen LogP contribution in [-0.2, 0) is 0 Å². The Morgan fingerprint density at radius 3 is 2.35 bits per heavy atom. The van der Waals surface area contributed by atoms with Crippen LogP contribution in [0.15, 0.2) is 66.7 Å². The number of hydrogen-bond donors (Lipinski definition) is 1. The molecule has 0 aromatic heterocycles. The van der Waals surface area contributed by atoms with Crippen LogP contribution in [0.25, 0.3) is 11.1 Å². The molecule has 0 saturated heterocycles. The predicted octanol–water partition coefficient (Wildman–Crippen LogP) is 4.47. The third-order valence-electron chi connectivity index (χ3n) is 3.94. The summed E-state index contributed by atoms with van der Waals surface area (Å²) in [5.41, 5.74) is 9.69. The van der Waals surface area contributed by atoms with Crippen LogP contribution in [0.5, 0.6) is 5.75 Å². The number of carbonyl (C=O) groups excluding carboxylic acids is 1. The van der Waals surface area contributed by atoms with Crippen molar-refractivity contribution in [3.63, 3.8) is 0 Å². The molecular weight excluding hydrogens is 348 g/mol. The van der Waals surface area contributed by atoms with Crippen molar-refractivity contribution in [2.45, 2.75) is 0 Å². The Morgan fingerprint density at radius 1 is 1.00 bits per heavy atom. The summed E-state index contributed by atoms with van der Waals surface area (Å²) in [4.78, 5) is 12.6. The minimum atomic E-state index is -0.118. The first-order valence-electron chi connectivity index (χ1n) is 7.71. The molecule has 3 rings (SSSR count). The van der Waals surface area contributed by atoms with Crippen molar-refractivity contribution >= 4 is 23.9 Å². The molecule has 0 bridgehead atoms. The van der Waals surface area contributed by atoms with Crippen LogP contribution in [-0.4, -0.2) is 12.9 Å². The summed E-state index contributed by atoms with van der Waals surface area (Å²) < 4.78 is 5.23. The van der Waals surface area contributed by atoms with Crippen LogP contribution in [0.2, 0.25) is 0 Å². The summed E-state index contributed by atoms with van der Waals surface area (Å²) in [6, 6.07) is 21.7. The van der Waals surface area contributed by atoms with Gasteiger partial charge >= 0.3 is 0 Å². The highest BCUT2D eigenvalue weighted by atomic mass is 35.5. The van der Waals surface area contributed by atoms with Crippen molar-refractivity contribution in [3.05, 3.63) is 83.4 Å². The van der Waals surface area contributed by atoms with Crippen LogP contribution < -0.4 is 10.5 Å². The Morgan fingerprint density at radius 2 is 1.73 bits per heavy atom. The number of ether oxygens (including phenoxy) is 1. The highest BCUT2D eigenvalue weighted by Crippen LogP contribution is 2.29. The number of nitrogens with two attached hydrogens (primary N) is 1. The van der Waals surface area contributed by atoms with E-state index < -0.39 is 0 Å². The van der Waals surface area contributed by atoms with Crippen LogP contribution >= 0.6 is 12.4 Å². The summed E-state index contributed by atoms with van der Waals surface area (Å²) in [5, 5.41) is 9.15. The first-order chi connectivity index (χ1) is 12.1. The topological polar surface area (TPSA) is 76.1 Å². The van der Waals surface area contributed by atoms with Crippen molar-refractivity contribution in [2.24, 2.45) is 0 Å². The maximum Gasteiger partial charge on any atom is 0.195 e. The van der Waals surface area contributed by atoms with Gasteiger partial charge in [-0.1, -0.05) is 36.4 Å². The van der Waals surface area contributed by atoms with Gasteiger partial charge < -0.3 is 10.5 Å².